The fourth-order valence-electron chi connectivity index (χ4n) is 4.17. The smallest absolute Gasteiger partial charge is 0.233 e. The molecule has 2 fully saturated rings. The van der Waals surface area contributed by atoms with Gasteiger partial charge in [-0.05, 0) is 48.4 Å². The predicted octanol–water partition coefficient (Wildman–Crippen LogP) is 2.96. The van der Waals surface area contributed by atoms with Crippen LogP contribution in [0.2, 0.25) is 0 Å². The Labute approximate surface area is 130 Å². The van der Waals surface area contributed by atoms with Gasteiger partial charge in [0, 0.05) is 12.1 Å². The van der Waals surface area contributed by atoms with Gasteiger partial charge >= 0.3 is 0 Å². The minimum absolute atomic E-state index is 0.0678. The molecule has 0 heterocycles. The first-order valence-corrected chi connectivity index (χ1v) is 9.11. The van der Waals surface area contributed by atoms with E-state index in [1.165, 1.54) is 24.3 Å². The van der Waals surface area contributed by atoms with Crippen molar-refractivity contribution in [1.29, 1.82) is 0 Å². The van der Waals surface area contributed by atoms with Crippen molar-refractivity contribution in [2.24, 2.45) is 16.7 Å². The summed E-state index contributed by atoms with van der Waals surface area (Å²) in [5, 5.41) is 0. The van der Waals surface area contributed by atoms with Crippen LogP contribution >= 0.6 is 0 Å². The Balaban J connectivity index is 1.85. The van der Waals surface area contributed by atoms with E-state index in [1.54, 1.807) is 0 Å². The lowest BCUT2D eigenvalue weighted by atomic mass is 9.70. The number of hydrogen-bond donors (Lipinski definition) is 1. The summed E-state index contributed by atoms with van der Waals surface area (Å²) in [7, 11) is -3.67. The first-order chi connectivity index (χ1) is 10.2. The number of carbonyl (C=O) groups is 1. The summed E-state index contributed by atoms with van der Waals surface area (Å²) in [6, 6.07) is 5.16. The fraction of sp³-hybridized carbons (Fsp3) is 0.562. The Bertz CT molecular complexity index is 711. The molecular weight excluding hydrogens is 305 g/mol. The van der Waals surface area contributed by atoms with Crippen molar-refractivity contribution in [3.05, 3.63) is 30.1 Å². The van der Waals surface area contributed by atoms with E-state index in [9.17, 15) is 17.6 Å². The second-order valence-corrected chi connectivity index (χ2v) is 8.76. The summed E-state index contributed by atoms with van der Waals surface area (Å²) < 4.78 is 40.4. The minimum Gasteiger partial charge on any atom is -0.299 e. The van der Waals surface area contributed by atoms with Gasteiger partial charge in [-0.3, -0.25) is 9.52 Å². The fourth-order valence-corrected chi connectivity index (χ4v) is 6.06. The van der Waals surface area contributed by atoms with Gasteiger partial charge in [-0.15, -0.1) is 0 Å². The normalized spacial score (nSPS) is 29.8. The monoisotopic (exact) mass is 325 g/mol. The van der Waals surface area contributed by atoms with Crippen LogP contribution in [0.25, 0.3) is 0 Å². The molecule has 2 saturated carbocycles. The summed E-state index contributed by atoms with van der Waals surface area (Å²) in [5.41, 5.74) is -0.763. The Hall–Kier alpha value is -1.43. The number of sulfonamides is 1. The van der Waals surface area contributed by atoms with Gasteiger partial charge in [-0.25, -0.2) is 12.8 Å². The van der Waals surface area contributed by atoms with Crippen LogP contribution < -0.4 is 4.72 Å². The highest BCUT2D eigenvalue weighted by Crippen LogP contribution is 2.64. The van der Waals surface area contributed by atoms with E-state index in [0.29, 0.717) is 18.5 Å². The van der Waals surface area contributed by atoms with Crippen molar-refractivity contribution in [3.8, 4) is 0 Å². The van der Waals surface area contributed by atoms with E-state index in [1.807, 2.05) is 13.8 Å². The SMILES string of the molecule is CC1(C)[C@@H]2CC[C@@]1(CS(=O)(=O)Nc1ccc(F)cc1)C(=O)C2. The zero-order valence-corrected chi connectivity index (χ0v) is 13.5. The van der Waals surface area contributed by atoms with Crippen LogP contribution in [0.1, 0.15) is 33.1 Å². The minimum atomic E-state index is -3.67. The molecular formula is C16H20FNO3S. The topological polar surface area (TPSA) is 63.2 Å². The van der Waals surface area contributed by atoms with E-state index >= 15 is 0 Å². The third-order valence-electron chi connectivity index (χ3n) is 5.69. The molecule has 2 atom stereocenters. The van der Waals surface area contributed by atoms with E-state index in [0.717, 1.165) is 6.42 Å². The maximum Gasteiger partial charge on any atom is 0.233 e. The highest BCUT2D eigenvalue weighted by Gasteiger charge is 2.65. The maximum absolute atomic E-state index is 12.9. The molecule has 1 N–H and O–H groups in total. The van der Waals surface area contributed by atoms with Crippen LogP contribution in [-0.4, -0.2) is 20.0 Å². The van der Waals surface area contributed by atoms with Gasteiger partial charge in [0.2, 0.25) is 10.0 Å². The van der Waals surface area contributed by atoms with E-state index < -0.39 is 21.3 Å². The molecule has 2 bridgehead atoms. The van der Waals surface area contributed by atoms with Crippen molar-refractivity contribution >= 4 is 21.5 Å². The highest BCUT2D eigenvalue weighted by molar-refractivity contribution is 7.92. The van der Waals surface area contributed by atoms with Crippen molar-refractivity contribution < 1.29 is 17.6 Å². The zero-order valence-electron chi connectivity index (χ0n) is 12.7. The number of nitrogens with one attached hydrogen (secondary N) is 1. The number of carbonyl (C=O) groups excluding carboxylic acids is 1. The number of benzene rings is 1. The van der Waals surface area contributed by atoms with E-state index in [4.69, 9.17) is 0 Å². The summed E-state index contributed by atoms with van der Waals surface area (Å²) >= 11 is 0. The number of anilines is 1. The molecule has 6 heteroatoms. The standard InChI is InChI=1S/C16H20FNO3S/c1-15(2)11-7-8-16(15,14(19)9-11)10-22(20,21)18-13-5-3-12(17)4-6-13/h3-6,11,18H,7-10H2,1-2H3/t11-,16-/m1/s1. The quantitative estimate of drug-likeness (QED) is 0.925. The molecule has 0 aromatic heterocycles. The zero-order chi connectivity index (χ0) is 16.2. The van der Waals surface area contributed by atoms with Gasteiger partial charge in [-0.2, -0.15) is 0 Å². The van der Waals surface area contributed by atoms with Gasteiger partial charge in [0.1, 0.15) is 11.6 Å². The molecule has 4 nitrogen and oxygen atoms in total. The summed E-state index contributed by atoms with van der Waals surface area (Å²) in [6.07, 6.45) is 2.03. The van der Waals surface area contributed by atoms with Crippen molar-refractivity contribution in [1.82, 2.24) is 0 Å². The molecule has 0 radical (unpaired) electrons. The molecule has 0 amide bonds. The second-order valence-electron chi connectivity index (χ2n) is 7.03. The van der Waals surface area contributed by atoms with Crippen molar-refractivity contribution in [2.45, 2.75) is 33.1 Å². The van der Waals surface area contributed by atoms with Crippen LogP contribution in [0.4, 0.5) is 10.1 Å². The third kappa shape index (κ3) is 2.24. The average Bonchev–Trinajstić information content (AvgIpc) is 2.74. The Morgan fingerprint density at radius 1 is 1.27 bits per heavy atom. The first-order valence-electron chi connectivity index (χ1n) is 7.46. The molecule has 1 aromatic rings. The lowest BCUT2D eigenvalue weighted by Gasteiger charge is -2.36. The number of Topliss-reactive ketones (excluding diaryl/α,β-unsaturated/α-hetero) is 1. The first kappa shape index (κ1) is 15.5. The largest absolute Gasteiger partial charge is 0.299 e. The van der Waals surface area contributed by atoms with E-state index in [-0.39, 0.29) is 22.9 Å². The van der Waals surface area contributed by atoms with Crippen LogP contribution in [0.3, 0.4) is 0 Å². The summed E-state index contributed by atoms with van der Waals surface area (Å²) in [5.74, 6) is -0.272. The van der Waals surface area contributed by atoms with Crippen molar-refractivity contribution in [2.75, 3.05) is 10.5 Å². The number of halogens is 1. The molecule has 0 saturated heterocycles. The molecule has 2 aliphatic rings. The van der Waals surface area contributed by atoms with Gasteiger partial charge in [0.15, 0.2) is 0 Å². The number of hydrogen-bond acceptors (Lipinski definition) is 3. The van der Waals surface area contributed by atoms with Crippen LogP contribution in [-0.2, 0) is 14.8 Å². The molecule has 0 spiro atoms. The molecule has 22 heavy (non-hydrogen) atoms. The predicted molar refractivity (Wildman–Crippen MR) is 82.4 cm³/mol. The van der Waals surface area contributed by atoms with Crippen LogP contribution in [0.15, 0.2) is 24.3 Å². The van der Waals surface area contributed by atoms with Gasteiger partial charge in [-0.1, -0.05) is 13.8 Å². The number of fused-ring (bicyclic) bond motifs is 2. The Kier molecular flexibility index (Phi) is 3.36. The number of ketones is 1. The molecule has 2 aliphatic carbocycles. The van der Waals surface area contributed by atoms with Crippen LogP contribution in [0.5, 0.6) is 0 Å². The number of rotatable bonds is 4. The Morgan fingerprint density at radius 2 is 1.91 bits per heavy atom. The molecule has 1 aromatic carbocycles. The Morgan fingerprint density at radius 3 is 2.41 bits per heavy atom. The third-order valence-corrected chi connectivity index (χ3v) is 7.11. The highest BCUT2D eigenvalue weighted by atomic mass is 32.2. The molecule has 120 valence electrons. The van der Waals surface area contributed by atoms with Gasteiger partial charge in [0.25, 0.3) is 0 Å². The lowest BCUT2D eigenvalue weighted by Crippen LogP contribution is -2.43. The average molecular weight is 325 g/mol. The molecule has 0 aliphatic heterocycles. The van der Waals surface area contributed by atoms with E-state index in [2.05, 4.69) is 4.72 Å². The van der Waals surface area contributed by atoms with Crippen LogP contribution in [0, 0.1) is 22.6 Å². The van der Waals surface area contributed by atoms with Gasteiger partial charge < -0.3 is 0 Å². The second kappa shape index (κ2) is 4.78. The molecule has 3 rings (SSSR count). The maximum atomic E-state index is 12.9. The summed E-state index contributed by atoms with van der Waals surface area (Å²) in [4.78, 5) is 12.4. The summed E-state index contributed by atoms with van der Waals surface area (Å²) in [6.45, 7) is 4.01. The lowest BCUT2D eigenvalue weighted by molar-refractivity contribution is -0.128. The molecule has 0 unspecified atom stereocenters. The van der Waals surface area contributed by atoms with Gasteiger partial charge in [0.05, 0.1) is 11.2 Å². The van der Waals surface area contributed by atoms with Crippen molar-refractivity contribution in [3.63, 3.8) is 0 Å².